The summed E-state index contributed by atoms with van der Waals surface area (Å²) in [6, 6.07) is 14.2. The summed E-state index contributed by atoms with van der Waals surface area (Å²) in [7, 11) is 0. The molecule has 1 aromatic rings. The van der Waals surface area contributed by atoms with Gasteiger partial charge in [-0.05, 0) is 13.8 Å². The Morgan fingerprint density at radius 2 is 1.33 bits per heavy atom. The Bertz CT molecular complexity index is 196. The second-order valence-corrected chi connectivity index (χ2v) is 2.49. The molecule has 0 fully saturated rings. The van der Waals surface area contributed by atoms with E-state index < -0.39 is 0 Å². The summed E-state index contributed by atoms with van der Waals surface area (Å²) in [6.07, 6.45) is 0. The van der Waals surface area contributed by atoms with Crippen LogP contribution < -0.4 is 0 Å². The molecule has 0 aliphatic rings. The van der Waals surface area contributed by atoms with Crippen molar-refractivity contribution in [3.63, 3.8) is 0 Å². The van der Waals surface area contributed by atoms with Gasteiger partial charge in [0.05, 0.1) is 12.1 Å². The highest BCUT2D eigenvalue weighted by Crippen LogP contribution is 1.80. The van der Waals surface area contributed by atoms with E-state index in [0.717, 1.165) is 0 Å². The zero-order chi connectivity index (χ0) is 9.23. The number of hydrogen-bond donors (Lipinski definition) is 1. The summed E-state index contributed by atoms with van der Waals surface area (Å²) in [4.78, 5) is 3.54. The Kier molecular flexibility index (Phi) is 6.81. The lowest BCUT2D eigenvalue weighted by Crippen LogP contribution is -1.83. The monoisotopic (exact) mass is 162 g/mol. The maximum absolute atomic E-state index is 6.32. The molecule has 1 aromatic carbocycles. The maximum atomic E-state index is 6.32. The molecule has 0 saturated carbocycles. The first-order valence-corrected chi connectivity index (χ1v) is 3.89. The van der Waals surface area contributed by atoms with Gasteiger partial charge in [0.2, 0.25) is 0 Å². The predicted molar refractivity (Wildman–Crippen MR) is 51.7 cm³/mol. The van der Waals surface area contributed by atoms with Crippen molar-refractivity contribution < 1.29 is 0 Å². The summed E-state index contributed by atoms with van der Waals surface area (Å²) in [5, 5.41) is 6.32. The summed E-state index contributed by atoms with van der Waals surface area (Å²) in [5.41, 5.74) is 0. The van der Waals surface area contributed by atoms with Crippen LogP contribution in [0.3, 0.4) is 0 Å². The molecule has 0 radical (unpaired) electrons. The molecular formula is C10H14N2. The van der Waals surface area contributed by atoms with Crippen LogP contribution in [0.15, 0.2) is 41.4 Å². The average Bonchev–Trinajstić information content (AvgIpc) is 2.08. The molecule has 12 heavy (non-hydrogen) atoms. The fourth-order valence-electron chi connectivity index (χ4n) is 0.514. The van der Waals surface area contributed by atoms with E-state index in [1.807, 2.05) is 56.3 Å². The molecule has 0 unspecified atom stereocenters. The second-order valence-electron chi connectivity index (χ2n) is 2.49. The van der Waals surface area contributed by atoms with Gasteiger partial charge in [0.15, 0.2) is 0 Å². The Balaban J connectivity index is 0.000000202. The first-order chi connectivity index (χ1) is 5.77. The van der Waals surface area contributed by atoms with Crippen molar-refractivity contribution in [2.24, 2.45) is 4.99 Å². The van der Waals surface area contributed by atoms with E-state index in [2.05, 4.69) is 4.99 Å². The highest BCUT2D eigenvalue weighted by Gasteiger charge is 1.77. The molecular weight excluding hydrogens is 148 g/mol. The molecule has 0 bridgehead atoms. The standard InChI is InChI=1S/C6H6.C4H8N2/c1-2-4-6-5-3-1;1-4(2)6-3-5/h1-6H;4-5H,1-2H3. The molecule has 1 N–H and O–H groups in total. The molecule has 2 nitrogen and oxygen atoms in total. The van der Waals surface area contributed by atoms with Gasteiger partial charge >= 0.3 is 0 Å². The topological polar surface area (TPSA) is 36.2 Å². The van der Waals surface area contributed by atoms with Gasteiger partial charge in [0.25, 0.3) is 0 Å². The zero-order valence-corrected chi connectivity index (χ0v) is 7.49. The summed E-state index contributed by atoms with van der Waals surface area (Å²) < 4.78 is 0. The van der Waals surface area contributed by atoms with Crippen molar-refractivity contribution in [3.05, 3.63) is 36.4 Å². The first kappa shape index (κ1) is 10.6. The van der Waals surface area contributed by atoms with Gasteiger partial charge < -0.3 is 0 Å². The van der Waals surface area contributed by atoms with Crippen LogP contribution in [0.2, 0.25) is 0 Å². The van der Waals surface area contributed by atoms with Crippen molar-refractivity contribution >= 4 is 6.01 Å². The quantitative estimate of drug-likeness (QED) is 0.616. The highest BCUT2D eigenvalue weighted by atomic mass is 14.7. The van der Waals surface area contributed by atoms with E-state index in [0.29, 0.717) is 0 Å². The molecule has 0 aliphatic heterocycles. The number of benzene rings is 1. The van der Waals surface area contributed by atoms with Gasteiger partial charge in [-0.1, -0.05) is 36.4 Å². The molecule has 64 valence electrons. The normalized spacial score (nSPS) is 7.92. The van der Waals surface area contributed by atoms with E-state index in [9.17, 15) is 0 Å². The fourth-order valence-corrected chi connectivity index (χ4v) is 0.514. The van der Waals surface area contributed by atoms with Crippen LogP contribution in [0.1, 0.15) is 13.8 Å². The van der Waals surface area contributed by atoms with Crippen LogP contribution in [0.5, 0.6) is 0 Å². The van der Waals surface area contributed by atoms with Gasteiger partial charge in [-0.3, -0.25) is 0 Å². The number of nitrogens with one attached hydrogen (secondary N) is 1. The van der Waals surface area contributed by atoms with Crippen LogP contribution in [0.25, 0.3) is 0 Å². The minimum absolute atomic E-state index is 0.225. The van der Waals surface area contributed by atoms with Crippen LogP contribution >= 0.6 is 0 Å². The minimum Gasteiger partial charge on any atom is -0.242 e. The number of hydrogen-bond acceptors (Lipinski definition) is 2. The Morgan fingerprint density at radius 3 is 1.42 bits per heavy atom. The van der Waals surface area contributed by atoms with Gasteiger partial charge in [0.1, 0.15) is 0 Å². The van der Waals surface area contributed by atoms with Gasteiger partial charge in [-0.2, -0.15) is 0 Å². The summed E-state index contributed by atoms with van der Waals surface area (Å²) in [5.74, 6) is 0. The molecule has 0 atom stereocenters. The smallest absolute Gasteiger partial charge is 0.0864 e. The Morgan fingerprint density at radius 1 is 1.00 bits per heavy atom. The van der Waals surface area contributed by atoms with E-state index in [-0.39, 0.29) is 6.04 Å². The molecule has 2 heteroatoms. The lowest BCUT2D eigenvalue weighted by molar-refractivity contribution is 0.841. The Labute approximate surface area is 73.5 Å². The van der Waals surface area contributed by atoms with Crippen molar-refractivity contribution in [3.8, 4) is 0 Å². The lowest BCUT2D eigenvalue weighted by Gasteiger charge is -1.83. The van der Waals surface area contributed by atoms with Crippen molar-refractivity contribution in [1.29, 1.82) is 5.41 Å². The zero-order valence-electron chi connectivity index (χ0n) is 7.49. The highest BCUT2D eigenvalue weighted by molar-refractivity contribution is 5.35. The average molecular weight is 162 g/mol. The van der Waals surface area contributed by atoms with Crippen LogP contribution in [-0.2, 0) is 0 Å². The van der Waals surface area contributed by atoms with E-state index in [4.69, 9.17) is 5.41 Å². The number of nitrogens with zero attached hydrogens (tertiary/aromatic N) is 1. The summed E-state index contributed by atoms with van der Waals surface area (Å²) >= 11 is 0. The van der Waals surface area contributed by atoms with Crippen LogP contribution in [0.4, 0.5) is 0 Å². The van der Waals surface area contributed by atoms with Crippen molar-refractivity contribution in [2.45, 2.75) is 19.9 Å². The fraction of sp³-hybridized carbons (Fsp3) is 0.300. The SMILES string of the molecule is CC(C)N=C=N.c1ccccc1. The van der Waals surface area contributed by atoms with Crippen LogP contribution in [0, 0.1) is 5.41 Å². The van der Waals surface area contributed by atoms with Crippen LogP contribution in [-0.4, -0.2) is 12.1 Å². The molecule has 0 aliphatic carbocycles. The first-order valence-electron chi connectivity index (χ1n) is 3.89. The third-order valence-electron chi connectivity index (χ3n) is 0.989. The van der Waals surface area contributed by atoms with Crippen molar-refractivity contribution in [2.75, 3.05) is 0 Å². The van der Waals surface area contributed by atoms with E-state index >= 15 is 0 Å². The molecule has 0 spiro atoms. The third kappa shape index (κ3) is 8.60. The maximum Gasteiger partial charge on any atom is 0.0864 e. The van der Waals surface area contributed by atoms with E-state index in [1.165, 1.54) is 0 Å². The van der Waals surface area contributed by atoms with Gasteiger partial charge in [-0.15, -0.1) is 0 Å². The number of aliphatic imine (C=N–C) groups is 1. The molecule has 0 heterocycles. The third-order valence-corrected chi connectivity index (χ3v) is 0.989. The molecule has 1 rings (SSSR count). The molecule has 0 saturated heterocycles. The van der Waals surface area contributed by atoms with E-state index in [1.54, 1.807) is 0 Å². The number of rotatable bonds is 1. The van der Waals surface area contributed by atoms with Gasteiger partial charge in [-0.25, -0.2) is 10.4 Å². The minimum atomic E-state index is 0.225. The van der Waals surface area contributed by atoms with Gasteiger partial charge in [0, 0.05) is 0 Å². The Hall–Kier alpha value is -1.40. The largest absolute Gasteiger partial charge is 0.242 e. The second kappa shape index (κ2) is 7.70. The molecule has 0 amide bonds. The van der Waals surface area contributed by atoms with Crippen molar-refractivity contribution in [1.82, 2.24) is 0 Å². The predicted octanol–water partition coefficient (Wildman–Crippen LogP) is 2.83. The molecule has 0 aromatic heterocycles. The lowest BCUT2D eigenvalue weighted by atomic mass is 10.4. The summed E-state index contributed by atoms with van der Waals surface area (Å²) in [6.45, 7) is 3.81.